The molecular formula is C17H21N3OS. The second-order valence-electron chi connectivity index (χ2n) is 6.17. The standard InChI is InChI=1S/C17H21N3OS/c21-22(15-4-2-1-3-5-15)11-10-19-9-8-17-16(12-19)18-13-20(17)14-6-7-14/h1-5,13-14H,6-12H2/t22-/m0/s1. The van der Waals surface area contributed by atoms with E-state index in [1.165, 1.54) is 24.2 Å². The van der Waals surface area contributed by atoms with Crippen LogP contribution >= 0.6 is 0 Å². The van der Waals surface area contributed by atoms with Crippen molar-refractivity contribution in [1.29, 1.82) is 0 Å². The molecule has 4 nitrogen and oxygen atoms in total. The molecule has 2 heterocycles. The van der Waals surface area contributed by atoms with Crippen LogP contribution in [0.4, 0.5) is 0 Å². The summed E-state index contributed by atoms with van der Waals surface area (Å²) in [5.41, 5.74) is 2.66. The third kappa shape index (κ3) is 2.88. The van der Waals surface area contributed by atoms with Gasteiger partial charge < -0.3 is 4.57 Å². The average Bonchev–Trinajstić information content (AvgIpc) is 3.33. The van der Waals surface area contributed by atoms with Crippen molar-refractivity contribution >= 4 is 10.8 Å². The lowest BCUT2D eigenvalue weighted by molar-refractivity contribution is 0.263. The molecule has 5 heteroatoms. The van der Waals surface area contributed by atoms with E-state index in [0.717, 1.165) is 31.0 Å². The Labute approximate surface area is 133 Å². The van der Waals surface area contributed by atoms with Crippen molar-refractivity contribution in [3.05, 3.63) is 48.0 Å². The minimum absolute atomic E-state index is 0.697. The van der Waals surface area contributed by atoms with E-state index in [2.05, 4.69) is 14.5 Å². The Morgan fingerprint density at radius 1 is 1.23 bits per heavy atom. The molecule has 1 fully saturated rings. The Balaban J connectivity index is 1.36. The van der Waals surface area contributed by atoms with E-state index >= 15 is 0 Å². The molecule has 116 valence electrons. The SMILES string of the molecule is O=[S@@](CCN1CCc2c(ncn2C2CC2)C1)c1ccccc1. The molecule has 1 aromatic carbocycles. The molecule has 0 N–H and O–H groups in total. The number of imidazole rings is 1. The monoisotopic (exact) mass is 315 g/mol. The quantitative estimate of drug-likeness (QED) is 0.850. The maximum atomic E-state index is 12.3. The number of rotatable bonds is 5. The van der Waals surface area contributed by atoms with Gasteiger partial charge in [0.1, 0.15) is 0 Å². The number of benzene rings is 1. The Hall–Kier alpha value is -1.46. The van der Waals surface area contributed by atoms with Gasteiger partial charge in [0.2, 0.25) is 0 Å². The highest BCUT2D eigenvalue weighted by Crippen LogP contribution is 2.37. The van der Waals surface area contributed by atoms with Crippen molar-refractivity contribution in [3.8, 4) is 0 Å². The van der Waals surface area contributed by atoms with Crippen molar-refractivity contribution < 1.29 is 4.21 Å². The zero-order valence-corrected chi connectivity index (χ0v) is 13.5. The van der Waals surface area contributed by atoms with E-state index in [4.69, 9.17) is 0 Å². The van der Waals surface area contributed by atoms with Crippen LogP contribution in [0.1, 0.15) is 30.3 Å². The first-order valence-corrected chi connectivity index (χ1v) is 9.33. The molecule has 0 spiro atoms. The van der Waals surface area contributed by atoms with Gasteiger partial charge in [-0.3, -0.25) is 9.11 Å². The van der Waals surface area contributed by atoms with Gasteiger partial charge in [0, 0.05) is 48.4 Å². The Morgan fingerprint density at radius 2 is 2.05 bits per heavy atom. The largest absolute Gasteiger partial charge is 0.331 e. The Morgan fingerprint density at radius 3 is 2.82 bits per heavy atom. The van der Waals surface area contributed by atoms with Gasteiger partial charge in [-0.1, -0.05) is 18.2 Å². The molecule has 1 saturated carbocycles. The lowest BCUT2D eigenvalue weighted by Gasteiger charge is -2.26. The molecule has 0 saturated heterocycles. The maximum Gasteiger partial charge on any atom is 0.0954 e. The first-order valence-electron chi connectivity index (χ1n) is 8.01. The molecule has 0 radical (unpaired) electrons. The molecule has 4 rings (SSSR count). The van der Waals surface area contributed by atoms with Crippen LogP contribution < -0.4 is 0 Å². The van der Waals surface area contributed by atoms with Gasteiger partial charge in [0.05, 0.1) is 22.8 Å². The van der Waals surface area contributed by atoms with E-state index < -0.39 is 10.8 Å². The topological polar surface area (TPSA) is 38.1 Å². The van der Waals surface area contributed by atoms with Gasteiger partial charge in [-0.05, 0) is 25.0 Å². The maximum absolute atomic E-state index is 12.3. The summed E-state index contributed by atoms with van der Waals surface area (Å²) in [5.74, 6) is 0.697. The fraction of sp³-hybridized carbons (Fsp3) is 0.471. The van der Waals surface area contributed by atoms with Crippen LogP contribution in [0.25, 0.3) is 0 Å². The Bertz CT molecular complexity index is 678. The highest BCUT2D eigenvalue weighted by molar-refractivity contribution is 7.85. The molecule has 1 aliphatic carbocycles. The first-order chi connectivity index (χ1) is 10.8. The third-order valence-electron chi connectivity index (χ3n) is 4.56. The van der Waals surface area contributed by atoms with Crippen molar-refractivity contribution in [3.63, 3.8) is 0 Å². The molecule has 1 atom stereocenters. The third-order valence-corrected chi connectivity index (χ3v) is 5.91. The second-order valence-corrected chi connectivity index (χ2v) is 7.74. The normalized spacial score (nSPS) is 19.8. The summed E-state index contributed by atoms with van der Waals surface area (Å²) in [5, 5.41) is 0. The van der Waals surface area contributed by atoms with Crippen molar-refractivity contribution in [2.75, 3.05) is 18.8 Å². The van der Waals surface area contributed by atoms with Crippen LogP contribution in [0.2, 0.25) is 0 Å². The summed E-state index contributed by atoms with van der Waals surface area (Å²) in [6.45, 7) is 2.83. The van der Waals surface area contributed by atoms with E-state index in [1.807, 2.05) is 36.7 Å². The smallest absolute Gasteiger partial charge is 0.0954 e. The van der Waals surface area contributed by atoms with Crippen molar-refractivity contribution in [1.82, 2.24) is 14.5 Å². The predicted octanol–water partition coefficient (Wildman–Crippen LogP) is 2.38. The molecule has 22 heavy (non-hydrogen) atoms. The molecule has 0 bridgehead atoms. The molecule has 1 aromatic heterocycles. The van der Waals surface area contributed by atoms with E-state index in [9.17, 15) is 4.21 Å². The molecule has 0 amide bonds. The van der Waals surface area contributed by atoms with Crippen molar-refractivity contribution in [2.45, 2.75) is 36.7 Å². The lowest BCUT2D eigenvalue weighted by atomic mass is 10.1. The van der Waals surface area contributed by atoms with Crippen LogP contribution in [-0.4, -0.2) is 37.5 Å². The van der Waals surface area contributed by atoms with Gasteiger partial charge in [0.25, 0.3) is 0 Å². The van der Waals surface area contributed by atoms with Crippen molar-refractivity contribution in [2.24, 2.45) is 0 Å². The summed E-state index contributed by atoms with van der Waals surface area (Å²) in [7, 11) is -0.902. The molecule has 1 aliphatic heterocycles. The fourth-order valence-electron chi connectivity index (χ4n) is 3.15. The average molecular weight is 315 g/mol. The minimum atomic E-state index is -0.902. The van der Waals surface area contributed by atoms with Crippen LogP contribution in [0.3, 0.4) is 0 Å². The number of hydrogen-bond donors (Lipinski definition) is 0. The number of hydrogen-bond acceptors (Lipinski definition) is 3. The summed E-state index contributed by atoms with van der Waals surface area (Å²) in [4.78, 5) is 7.91. The highest BCUT2D eigenvalue weighted by atomic mass is 32.2. The van der Waals surface area contributed by atoms with Crippen LogP contribution in [0.15, 0.2) is 41.6 Å². The van der Waals surface area contributed by atoms with Gasteiger partial charge in [-0.15, -0.1) is 0 Å². The van der Waals surface area contributed by atoms with E-state index in [1.54, 1.807) is 0 Å². The molecule has 0 unspecified atom stereocenters. The fourth-order valence-corrected chi connectivity index (χ4v) is 4.27. The molecular weight excluding hydrogens is 294 g/mol. The van der Waals surface area contributed by atoms with Gasteiger partial charge in [-0.25, -0.2) is 4.98 Å². The number of fused-ring (bicyclic) bond motifs is 1. The van der Waals surface area contributed by atoms with Crippen LogP contribution in [0, 0.1) is 0 Å². The predicted molar refractivity (Wildman–Crippen MR) is 87.2 cm³/mol. The zero-order valence-electron chi connectivity index (χ0n) is 12.6. The van der Waals surface area contributed by atoms with Gasteiger partial charge in [-0.2, -0.15) is 0 Å². The Kier molecular flexibility index (Phi) is 3.84. The summed E-state index contributed by atoms with van der Waals surface area (Å²) >= 11 is 0. The van der Waals surface area contributed by atoms with Gasteiger partial charge in [0.15, 0.2) is 0 Å². The van der Waals surface area contributed by atoms with E-state index in [-0.39, 0.29) is 0 Å². The summed E-state index contributed by atoms with van der Waals surface area (Å²) in [6.07, 6.45) is 5.71. The first kappa shape index (κ1) is 14.2. The summed E-state index contributed by atoms with van der Waals surface area (Å²) < 4.78 is 14.7. The van der Waals surface area contributed by atoms with Crippen LogP contribution in [0.5, 0.6) is 0 Å². The minimum Gasteiger partial charge on any atom is -0.331 e. The lowest BCUT2D eigenvalue weighted by Crippen LogP contribution is -2.34. The number of aromatic nitrogens is 2. The van der Waals surface area contributed by atoms with E-state index in [0.29, 0.717) is 11.8 Å². The van der Waals surface area contributed by atoms with Crippen LogP contribution in [-0.2, 0) is 23.8 Å². The highest BCUT2D eigenvalue weighted by Gasteiger charge is 2.29. The second kappa shape index (κ2) is 5.97. The zero-order chi connectivity index (χ0) is 14.9. The molecule has 2 aromatic rings. The summed E-state index contributed by atoms with van der Waals surface area (Å²) in [6, 6.07) is 10.5. The number of nitrogens with zero attached hydrogens (tertiary/aromatic N) is 3. The molecule has 2 aliphatic rings. The van der Waals surface area contributed by atoms with Gasteiger partial charge >= 0.3 is 0 Å².